The third-order valence-corrected chi connectivity index (χ3v) is 2.74. The first kappa shape index (κ1) is 15.2. The molecule has 16 heavy (non-hydrogen) atoms. The normalized spacial score (nSPS) is 9.81. The predicted molar refractivity (Wildman–Crippen MR) is 67.5 cm³/mol. The van der Waals surface area contributed by atoms with Crippen molar-refractivity contribution in [1.82, 2.24) is 0 Å². The lowest BCUT2D eigenvalue weighted by atomic mass is 10.1. The summed E-state index contributed by atoms with van der Waals surface area (Å²) in [6.45, 7) is 2.92. The van der Waals surface area contributed by atoms with E-state index in [1.165, 1.54) is 57.8 Å². The molecular formula is C13H26N2O. The number of ether oxygens (including phenoxy) is 1. The van der Waals surface area contributed by atoms with Gasteiger partial charge in [-0.15, -0.1) is 4.79 Å². The van der Waals surface area contributed by atoms with Crippen molar-refractivity contribution in [2.45, 2.75) is 71.1 Å². The molecule has 0 aromatic rings. The van der Waals surface area contributed by atoms with Crippen molar-refractivity contribution in [1.29, 1.82) is 0 Å². The van der Waals surface area contributed by atoms with E-state index in [1.807, 2.05) is 0 Å². The second-order valence-electron chi connectivity index (χ2n) is 4.27. The van der Waals surface area contributed by atoms with Crippen molar-refractivity contribution in [3.63, 3.8) is 0 Å². The first-order valence-electron chi connectivity index (χ1n) is 6.69. The fourth-order valence-corrected chi connectivity index (χ4v) is 1.76. The van der Waals surface area contributed by atoms with Crippen molar-refractivity contribution < 1.29 is 9.53 Å². The Hall–Kier alpha value is -0.820. The Labute approximate surface area is 99.8 Å². The number of rotatable bonds is 12. The molecule has 0 spiro atoms. The molecule has 0 unspecified atom stereocenters. The molecule has 0 amide bonds. The molecule has 0 atom stereocenters. The summed E-state index contributed by atoms with van der Waals surface area (Å²) in [5.41, 5.74) is 8.07. The van der Waals surface area contributed by atoms with Gasteiger partial charge in [-0.2, -0.15) is 0 Å². The Morgan fingerprint density at radius 1 is 0.875 bits per heavy atom. The first-order chi connectivity index (χ1) is 7.91. The summed E-state index contributed by atoms with van der Waals surface area (Å²) in [5, 5.41) is 0. The topological polar surface area (TPSA) is 45.6 Å². The molecular weight excluding hydrogens is 200 g/mol. The third-order valence-electron chi connectivity index (χ3n) is 2.74. The molecule has 0 radical (unpaired) electrons. The molecule has 0 aliphatic heterocycles. The van der Waals surface area contributed by atoms with Crippen LogP contribution >= 0.6 is 0 Å². The zero-order valence-corrected chi connectivity index (χ0v) is 10.7. The Morgan fingerprint density at radius 2 is 1.38 bits per heavy atom. The number of unbranched alkanes of at least 4 members (excludes halogenated alkanes) is 9. The standard InChI is InChI=1S/C13H26N2O/c1-2-3-4-5-6-7-8-9-10-11-12-16-13-15-14/h13H,2-12H2,1H3. The Kier molecular flexibility index (Phi) is 13.5. The van der Waals surface area contributed by atoms with Gasteiger partial charge in [-0.3, -0.25) is 0 Å². The monoisotopic (exact) mass is 226 g/mol. The van der Waals surface area contributed by atoms with E-state index in [4.69, 9.17) is 10.3 Å². The molecule has 94 valence electrons. The molecule has 0 aromatic heterocycles. The van der Waals surface area contributed by atoms with Gasteiger partial charge in [0.2, 0.25) is 0 Å². The maximum absolute atomic E-state index is 8.07. The first-order valence-corrected chi connectivity index (χ1v) is 6.69. The second-order valence-corrected chi connectivity index (χ2v) is 4.27. The van der Waals surface area contributed by atoms with E-state index < -0.39 is 0 Å². The van der Waals surface area contributed by atoms with Crippen LogP contribution in [0, 0.1) is 0 Å². The van der Waals surface area contributed by atoms with Gasteiger partial charge >= 0.3 is 6.40 Å². The van der Waals surface area contributed by atoms with Crippen LogP contribution in [-0.4, -0.2) is 17.8 Å². The molecule has 3 nitrogen and oxygen atoms in total. The van der Waals surface area contributed by atoms with E-state index in [9.17, 15) is 0 Å². The molecule has 0 N–H and O–H groups in total. The van der Waals surface area contributed by atoms with Crippen LogP contribution in [0.4, 0.5) is 0 Å². The van der Waals surface area contributed by atoms with Gasteiger partial charge in [0, 0.05) is 0 Å². The summed E-state index contributed by atoms with van der Waals surface area (Å²) >= 11 is 0. The number of hydrogen-bond acceptors (Lipinski definition) is 1. The summed E-state index contributed by atoms with van der Waals surface area (Å²) < 4.78 is 4.91. The zero-order chi connectivity index (χ0) is 11.9. The molecule has 0 heterocycles. The van der Waals surface area contributed by atoms with E-state index in [0.29, 0.717) is 6.61 Å². The fraction of sp³-hybridized carbons (Fsp3) is 0.923. The van der Waals surface area contributed by atoms with E-state index in [-0.39, 0.29) is 0 Å². The minimum atomic E-state index is 0.667. The molecule has 0 rings (SSSR count). The summed E-state index contributed by atoms with van der Waals surface area (Å²) in [6, 6.07) is 0. The van der Waals surface area contributed by atoms with Gasteiger partial charge in [-0.05, 0) is 6.42 Å². The average Bonchev–Trinajstić information content (AvgIpc) is 2.31. The number of hydrogen-bond donors (Lipinski definition) is 0. The van der Waals surface area contributed by atoms with Crippen LogP contribution in [0.5, 0.6) is 0 Å². The predicted octanol–water partition coefficient (Wildman–Crippen LogP) is 4.18. The van der Waals surface area contributed by atoms with Crippen LogP contribution in [0.2, 0.25) is 0 Å². The fourth-order valence-electron chi connectivity index (χ4n) is 1.76. The van der Waals surface area contributed by atoms with Crippen molar-refractivity contribution in [3.05, 3.63) is 5.53 Å². The van der Waals surface area contributed by atoms with E-state index in [2.05, 4.69) is 11.7 Å². The van der Waals surface area contributed by atoms with E-state index in [1.54, 1.807) is 0 Å². The SMILES string of the molecule is CCCCCCCCCCCCOC=[N+]=[N-]. The smallest absolute Gasteiger partial charge is 0.438 e. The Bertz CT molecular complexity index is 177. The lowest BCUT2D eigenvalue weighted by Crippen LogP contribution is -1.92. The van der Waals surface area contributed by atoms with Crippen LogP contribution in [-0.2, 0) is 4.74 Å². The third kappa shape index (κ3) is 13.2. The minimum Gasteiger partial charge on any atom is -0.438 e. The maximum atomic E-state index is 8.07. The molecule has 0 saturated carbocycles. The van der Waals surface area contributed by atoms with Gasteiger partial charge in [0.1, 0.15) is 0 Å². The van der Waals surface area contributed by atoms with Gasteiger partial charge < -0.3 is 10.3 Å². The van der Waals surface area contributed by atoms with Crippen LogP contribution in [0.25, 0.3) is 5.53 Å². The number of nitrogens with zero attached hydrogens (tertiary/aromatic N) is 2. The molecule has 0 aliphatic rings. The van der Waals surface area contributed by atoms with Crippen LogP contribution in [0.1, 0.15) is 71.1 Å². The largest absolute Gasteiger partial charge is 0.438 e. The van der Waals surface area contributed by atoms with Gasteiger partial charge in [0.05, 0.1) is 6.61 Å². The van der Waals surface area contributed by atoms with E-state index in [0.717, 1.165) is 12.8 Å². The van der Waals surface area contributed by atoms with E-state index >= 15 is 0 Å². The van der Waals surface area contributed by atoms with Gasteiger partial charge in [0.25, 0.3) is 0 Å². The Morgan fingerprint density at radius 3 is 1.88 bits per heavy atom. The summed E-state index contributed by atoms with van der Waals surface area (Å²) in [6.07, 6.45) is 14.3. The lowest BCUT2D eigenvalue weighted by molar-refractivity contribution is -0.0274. The highest BCUT2D eigenvalue weighted by molar-refractivity contribution is 5.37. The quantitative estimate of drug-likeness (QED) is 0.162. The summed E-state index contributed by atoms with van der Waals surface area (Å²) in [4.78, 5) is 2.77. The van der Waals surface area contributed by atoms with Crippen LogP contribution in [0.15, 0.2) is 0 Å². The lowest BCUT2D eigenvalue weighted by Gasteiger charge is -2.01. The highest BCUT2D eigenvalue weighted by Crippen LogP contribution is 2.10. The Balaban J connectivity index is 2.90. The molecule has 3 heteroatoms. The van der Waals surface area contributed by atoms with Gasteiger partial charge in [-0.25, -0.2) is 0 Å². The van der Waals surface area contributed by atoms with Crippen molar-refractivity contribution in [2.75, 3.05) is 6.61 Å². The molecule has 0 aromatic carbocycles. The van der Waals surface area contributed by atoms with Crippen molar-refractivity contribution in [3.8, 4) is 0 Å². The molecule has 0 fully saturated rings. The highest BCUT2D eigenvalue weighted by atomic mass is 16.5. The zero-order valence-electron chi connectivity index (χ0n) is 10.7. The minimum absolute atomic E-state index is 0.667. The highest BCUT2D eigenvalue weighted by Gasteiger charge is 1.92. The summed E-state index contributed by atoms with van der Waals surface area (Å²) in [5.74, 6) is 0. The van der Waals surface area contributed by atoms with Crippen LogP contribution < -0.4 is 0 Å². The van der Waals surface area contributed by atoms with Gasteiger partial charge in [-0.1, -0.05) is 64.7 Å². The molecule has 0 saturated heterocycles. The maximum Gasteiger partial charge on any atom is 0.438 e. The van der Waals surface area contributed by atoms with Crippen molar-refractivity contribution in [2.24, 2.45) is 0 Å². The molecule has 0 bridgehead atoms. The van der Waals surface area contributed by atoms with Crippen LogP contribution in [0.3, 0.4) is 0 Å². The molecule has 0 aliphatic carbocycles. The average molecular weight is 226 g/mol. The summed E-state index contributed by atoms with van der Waals surface area (Å²) in [7, 11) is 0. The van der Waals surface area contributed by atoms with Gasteiger partial charge in [0.15, 0.2) is 0 Å². The second kappa shape index (κ2) is 14.2. The van der Waals surface area contributed by atoms with Crippen molar-refractivity contribution >= 4 is 6.40 Å².